The molecule has 0 saturated heterocycles. The molecule has 1 unspecified atom stereocenters. The van der Waals surface area contributed by atoms with Crippen LogP contribution in [0.3, 0.4) is 0 Å². The molecular formula is C22H20ClFN6O2. The predicted octanol–water partition coefficient (Wildman–Crippen LogP) is 4.22. The molecule has 1 aromatic carbocycles. The van der Waals surface area contributed by atoms with Crippen molar-refractivity contribution >= 4 is 45.8 Å². The molecule has 164 valence electrons. The Balaban J connectivity index is 1.59. The van der Waals surface area contributed by atoms with E-state index in [9.17, 15) is 9.59 Å². The minimum absolute atomic E-state index is 0.0253. The van der Waals surface area contributed by atoms with Crippen molar-refractivity contribution in [2.45, 2.75) is 32.7 Å². The zero-order valence-corrected chi connectivity index (χ0v) is 18.1. The van der Waals surface area contributed by atoms with Crippen LogP contribution < -0.4 is 10.6 Å². The number of imidazole rings is 1. The number of carbonyl (C=O) groups is 2. The van der Waals surface area contributed by atoms with Gasteiger partial charge in [0.15, 0.2) is 5.82 Å². The summed E-state index contributed by atoms with van der Waals surface area (Å²) < 4.78 is 17.2. The van der Waals surface area contributed by atoms with Crippen LogP contribution in [0.1, 0.15) is 38.3 Å². The number of halogens is 2. The van der Waals surface area contributed by atoms with Gasteiger partial charge in [0, 0.05) is 41.1 Å². The summed E-state index contributed by atoms with van der Waals surface area (Å²) in [5, 5.41) is 13.0. The van der Waals surface area contributed by atoms with Crippen molar-refractivity contribution < 1.29 is 14.0 Å². The highest BCUT2D eigenvalue weighted by atomic mass is 35.5. The van der Waals surface area contributed by atoms with Crippen LogP contribution in [0.25, 0.3) is 27.7 Å². The van der Waals surface area contributed by atoms with Crippen molar-refractivity contribution in [1.29, 1.82) is 0 Å². The predicted molar refractivity (Wildman–Crippen MR) is 119 cm³/mol. The largest absolute Gasteiger partial charge is 0.350 e. The molecule has 4 aromatic rings. The van der Waals surface area contributed by atoms with E-state index in [1.54, 1.807) is 42.0 Å². The Labute approximate surface area is 187 Å². The summed E-state index contributed by atoms with van der Waals surface area (Å²) in [6.45, 7) is 3.06. The molecule has 1 saturated carbocycles. The maximum atomic E-state index is 15.4. The molecule has 2 amide bonds. The minimum Gasteiger partial charge on any atom is -0.350 e. The number of carbonyl (C=O) groups excluding carboxylic acids is 2. The molecule has 10 heteroatoms. The summed E-state index contributed by atoms with van der Waals surface area (Å²) >= 11 is 6.51. The van der Waals surface area contributed by atoms with Gasteiger partial charge in [-0.05, 0) is 31.9 Å². The number of pyridine rings is 1. The van der Waals surface area contributed by atoms with Gasteiger partial charge in [0.05, 0.1) is 29.0 Å². The van der Waals surface area contributed by atoms with Crippen molar-refractivity contribution in [2.24, 2.45) is 5.92 Å². The summed E-state index contributed by atoms with van der Waals surface area (Å²) in [5.74, 6) is -0.389. The number of H-pyrrole nitrogens is 1. The number of benzene rings is 1. The second-order valence-corrected chi connectivity index (χ2v) is 8.45. The zero-order valence-electron chi connectivity index (χ0n) is 17.4. The number of rotatable bonds is 5. The molecule has 0 aliphatic heterocycles. The Bertz CT molecular complexity index is 1390. The Kier molecular flexibility index (Phi) is 4.85. The first-order chi connectivity index (χ1) is 15.3. The van der Waals surface area contributed by atoms with Gasteiger partial charge in [-0.15, -0.1) is 0 Å². The normalized spacial score (nSPS) is 14.6. The lowest BCUT2D eigenvalue weighted by Crippen LogP contribution is -2.24. The fourth-order valence-electron chi connectivity index (χ4n) is 3.98. The number of amides is 2. The lowest BCUT2D eigenvalue weighted by molar-refractivity contribution is -0.119. The van der Waals surface area contributed by atoms with Crippen LogP contribution >= 0.6 is 11.6 Å². The highest BCUT2D eigenvalue weighted by molar-refractivity contribution is 6.35. The summed E-state index contributed by atoms with van der Waals surface area (Å²) in [4.78, 5) is 27.9. The number of nitrogens with zero attached hydrogens (tertiary/aromatic N) is 3. The van der Waals surface area contributed by atoms with E-state index in [0.717, 1.165) is 12.8 Å². The third kappa shape index (κ3) is 3.48. The standard InChI is InChI=1S/C22H20ClFN6O2/c1-10(26-11(2)31)17-20(24)19(23)18(14-7-25-29-21(14)17)13-5-6-16-27-15(9-30(16)8-13)28-22(32)12-3-4-12/h5-10,12H,3-4H2,1-2H3,(H,25,29)(H,26,31)(H,28,32). The van der Waals surface area contributed by atoms with E-state index in [1.165, 1.54) is 6.92 Å². The van der Waals surface area contributed by atoms with Crippen LogP contribution in [0.2, 0.25) is 5.02 Å². The lowest BCUT2D eigenvalue weighted by atomic mass is 9.96. The fourth-order valence-corrected chi connectivity index (χ4v) is 4.29. The van der Waals surface area contributed by atoms with E-state index in [1.807, 2.05) is 0 Å². The molecule has 1 aliphatic carbocycles. The van der Waals surface area contributed by atoms with Crippen molar-refractivity contribution in [1.82, 2.24) is 24.9 Å². The zero-order chi connectivity index (χ0) is 22.6. The number of aromatic amines is 1. The first kappa shape index (κ1) is 20.4. The number of anilines is 1. The third-order valence-electron chi connectivity index (χ3n) is 5.62. The van der Waals surface area contributed by atoms with Gasteiger partial charge in [-0.1, -0.05) is 11.6 Å². The molecule has 32 heavy (non-hydrogen) atoms. The van der Waals surface area contributed by atoms with Gasteiger partial charge >= 0.3 is 0 Å². The summed E-state index contributed by atoms with van der Waals surface area (Å²) in [6, 6.07) is 2.96. The number of aromatic nitrogens is 4. The molecule has 1 aliphatic rings. The van der Waals surface area contributed by atoms with Crippen molar-refractivity contribution in [3.8, 4) is 11.1 Å². The van der Waals surface area contributed by atoms with Crippen LogP contribution in [0, 0.1) is 11.7 Å². The van der Waals surface area contributed by atoms with E-state index < -0.39 is 11.9 Å². The molecule has 8 nitrogen and oxygen atoms in total. The highest BCUT2D eigenvalue weighted by Gasteiger charge is 2.30. The smallest absolute Gasteiger partial charge is 0.228 e. The molecule has 3 N–H and O–H groups in total. The molecule has 1 fully saturated rings. The van der Waals surface area contributed by atoms with Crippen LogP contribution in [0.15, 0.2) is 30.7 Å². The van der Waals surface area contributed by atoms with Gasteiger partial charge in [0.25, 0.3) is 0 Å². The Hall–Kier alpha value is -3.46. The maximum absolute atomic E-state index is 15.4. The SMILES string of the molecule is CC(=O)NC(C)c1c(F)c(Cl)c(-c2ccc3nc(NC(=O)C4CC4)cn3c2)c2cn[nH]c12. The van der Waals surface area contributed by atoms with Crippen molar-refractivity contribution in [2.75, 3.05) is 5.32 Å². The van der Waals surface area contributed by atoms with E-state index in [-0.39, 0.29) is 28.3 Å². The van der Waals surface area contributed by atoms with Crippen molar-refractivity contribution in [3.63, 3.8) is 0 Å². The maximum Gasteiger partial charge on any atom is 0.228 e. The second kappa shape index (κ2) is 7.59. The van der Waals surface area contributed by atoms with Gasteiger partial charge in [-0.25, -0.2) is 9.37 Å². The van der Waals surface area contributed by atoms with Gasteiger partial charge < -0.3 is 15.0 Å². The summed E-state index contributed by atoms with van der Waals surface area (Å²) in [7, 11) is 0. The lowest BCUT2D eigenvalue weighted by Gasteiger charge is -2.18. The molecule has 5 rings (SSSR count). The summed E-state index contributed by atoms with van der Waals surface area (Å²) in [5.41, 5.74) is 2.48. The molecule has 3 heterocycles. The average Bonchev–Trinajstić information content (AvgIpc) is 3.36. The number of nitrogens with one attached hydrogen (secondary N) is 3. The topological polar surface area (TPSA) is 104 Å². The quantitative estimate of drug-likeness (QED) is 0.420. The van der Waals surface area contributed by atoms with E-state index in [4.69, 9.17) is 11.6 Å². The first-order valence-corrected chi connectivity index (χ1v) is 10.6. The van der Waals surface area contributed by atoms with Gasteiger partial charge in [0.1, 0.15) is 11.5 Å². The highest BCUT2D eigenvalue weighted by Crippen LogP contribution is 2.41. The van der Waals surface area contributed by atoms with Crippen LogP contribution in [0.5, 0.6) is 0 Å². The van der Waals surface area contributed by atoms with E-state index in [0.29, 0.717) is 33.5 Å². The van der Waals surface area contributed by atoms with E-state index in [2.05, 4.69) is 25.8 Å². The van der Waals surface area contributed by atoms with Gasteiger partial charge in [-0.3, -0.25) is 14.7 Å². The third-order valence-corrected chi connectivity index (χ3v) is 5.97. The number of hydrogen-bond acceptors (Lipinski definition) is 4. The monoisotopic (exact) mass is 454 g/mol. The van der Waals surface area contributed by atoms with Crippen LogP contribution in [0.4, 0.5) is 10.2 Å². The number of hydrogen-bond donors (Lipinski definition) is 3. The van der Waals surface area contributed by atoms with E-state index >= 15 is 4.39 Å². The van der Waals surface area contributed by atoms with Gasteiger partial charge in [-0.2, -0.15) is 5.10 Å². The molecular weight excluding hydrogens is 435 g/mol. The van der Waals surface area contributed by atoms with Crippen LogP contribution in [-0.4, -0.2) is 31.4 Å². The first-order valence-electron chi connectivity index (χ1n) is 10.2. The summed E-state index contributed by atoms with van der Waals surface area (Å²) in [6.07, 6.45) is 6.89. The Morgan fingerprint density at radius 1 is 1.31 bits per heavy atom. The van der Waals surface area contributed by atoms with Crippen molar-refractivity contribution in [3.05, 3.63) is 47.1 Å². The molecule has 0 radical (unpaired) electrons. The van der Waals surface area contributed by atoms with Crippen LogP contribution in [-0.2, 0) is 9.59 Å². The Morgan fingerprint density at radius 3 is 2.81 bits per heavy atom. The minimum atomic E-state index is -0.622. The second-order valence-electron chi connectivity index (χ2n) is 8.07. The molecule has 0 bridgehead atoms. The average molecular weight is 455 g/mol. The molecule has 1 atom stereocenters. The van der Waals surface area contributed by atoms with Gasteiger partial charge in [0.2, 0.25) is 11.8 Å². The molecule has 3 aromatic heterocycles. The molecule has 0 spiro atoms. The Morgan fingerprint density at radius 2 is 2.09 bits per heavy atom. The number of fused-ring (bicyclic) bond motifs is 2. The fraction of sp³-hybridized carbons (Fsp3) is 0.273.